The predicted octanol–water partition coefficient (Wildman–Crippen LogP) is 3.59. The molecule has 1 rings (SSSR count). The first-order valence-electron chi connectivity index (χ1n) is 6.68. The molecule has 0 saturated heterocycles. The second kappa shape index (κ2) is 7.71. The molecule has 0 N–H and O–H groups in total. The molecular weight excluding hydrogens is 263 g/mol. The Morgan fingerprint density at radius 2 is 1.89 bits per heavy atom. The molecule has 0 unspecified atom stereocenters. The van der Waals surface area contributed by atoms with Gasteiger partial charge in [0.1, 0.15) is 5.82 Å². The van der Waals surface area contributed by atoms with Crippen molar-refractivity contribution in [1.82, 2.24) is 4.90 Å². The molecule has 0 heterocycles. The Morgan fingerprint density at radius 3 is 2.42 bits per heavy atom. The number of benzene rings is 1. The molecule has 0 saturated carbocycles. The number of nitrogens with zero attached hydrogens (tertiary/aromatic N) is 2. The van der Waals surface area contributed by atoms with Crippen LogP contribution in [0.3, 0.4) is 0 Å². The third-order valence-corrected chi connectivity index (χ3v) is 3.22. The molecule has 1 aromatic carbocycles. The van der Waals surface area contributed by atoms with Crippen LogP contribution in [0.5, 0.6) is 0 Å². The number of hydrogen-bond donors (Lipinski definition) is 0. The minimum absolute atomic E-state index is 0.183. The Labute approximate surface area is 121 Å². The lowest BCUT2D eigenvalue weighted by atomic mass is 10.1. The summed E-state index contributed by atoms with van der Waals surface area (Å²) in [6, 6.07) is 5.12. The molecule has 0 spiro atoms. The Kier molecular flexibility index (Phi) is 6.59. The van der Waals surface area contributed by atoms with Crippen LogP contribution in [0.1, 0.15) is 19.4 Å². The van der Waals surface area contributed by atoms with Crippen molar-refractivity contribution in [2.75, 3.05) is 38.6 Å². The zero-order valence-corrected chi connectivity index (χ0v) is 13.0. The number of alkyl halides is 1. The van der Waals surface area contributed by atoms with E-state index in [1.165, 1.54) is 6.07 Å². The van der Waals surface area contributed by atoms with Crippen molar-refractivity contribution in [2.24, 2.45) is 5.92 Å². The van der Waals surface area contributed by atoms with E-state index in [9.17, 15) is 4.39 Å². The molecule has 0 amide bonds. The van der Waals surface area contributed by atoms with Gasteiger partial charge in [-0.1, -0.05) is 26.0 Å². The van der Waals surface area contributed by atoms with Crippen LogP contribution >= 0.6 is 11.6 Å². The summed E-state index contributed by atoms with van der Waals surface area (Å²) in [5.74, 6) is 0.631. The topological polar surface area (TPSA) is 6.48 Å². The molecule has 0 bridgehead atoms. The van der Waals surface area contributed by atoms with Gasteiger partial charge in [0.05, 0.1) is 5.69 Å². The lowest BCUT2D eigenvalue weighted by Gasteiger charge is -2.30. The highest BCUT2D eigenvalue weighted by molar-refractivity contribution is 6.17. The Hall–Kier alpha value is -0.800. The van der Waals surface area contributed by atoms with Crippen LogP contribution in [-0.2, 0) is 5.88 Å². The van der Waals surface area contributed by atoms with Gasteiger partial charge < -0.3 is 9.80 Å². The highest BCUT2D eigenvalue weighted by Gasteiger charge is 2.16. The number of anilines is 1. The first-order chi connectivity index (χ1) is 8.95. The summed E-state index contributed by atoms with van der Waals surface area (Å²) in [5.41, 5.74) is 1.52. The van der Waals surface area contributed by atoms with Crippen LogP contribution < -0.4 is 4.90 Å². The lowest BCUT2D eigenvalue weighted by Crippen LogP contribution is -2.35. The molecular formula is C15H24ClFN2. The normalized spacial score (nSPS) is 11.4. The van der Waals surface area contributed by atoms with Gasteiger partial charge in [-0.05, 0) is 31.6 Å². The van der Waals surface area contributed by atoms with Gasteiger partial charge in [-0.15, -0.1) is 11.6 Å². The number of hydrogen-bond acceptors (Lipinski definition) is 2. The van der Waals surface area contributed by atoms with Gasteiger partial charge >= 0.3 is 0 Å². The smallest absolute Gasteiger partial charge is 0.146 e. The van der Waals surface area contributed by atoms with Crippen molar-refractivity contribution in [1.29, 1.82) is 0 Å². The lowest BCUT2D eigenvalue weighted by molar-refractivity contribution is 0.407. The van der Waals surface area contributed by atoms with Crippen LogP contribution in [0.15, 0.2) is 18.2 Å². The average Bonchev–Trinajstić information content (AvgIpc) is 2.33. The van der Waals surface area contributed by atoms with Crippen LogP contribution in [0.4, 0.5) is 10.1 Å². The second-order valence-corrected chi connectivity index (χ2v) is 5.79. The summed E-state index contributed by atoms with van der Waals surface area (Å²) in [6.07, 6.45) is 0. The van der Waals surface area contributed by atoms with Gasteiger partial charge in [-0.3, -0.25) is 0 Å². The summed E-state index contributed by atoms with van der Waals surface area (Å²) < 4.78 is 14.1. The van der Waals surface area contributed by atoms with E-state index in [0.717, 1.165) is 25.2 Å². The van der Waals surface area contributed by atoms with E-state index in [4.69, 9.17) is 11.6 Å². The standard InChI is InChI=1S/C15H24ClFN2/c1-12(2)11-19(9-8-18(3)4)15-13(10-16)6-5-7-14(15)17/h5-7,12H,8-11H2,1-4H3. The summed E-state index contributed by atoms with van der Waals surface area (Å²) >= 11 is 5.94. The summed E-state index contributed by atoms with van der Waals surface area (Å²) in [4.78, 5) is 4.21. The molecule has 0 fully saturated rings. The number of rotatable bonds is 7. The highest BCUT2D eigenvalue weighted by Crippen LogP contribution is 2.26. The number of likely N-dealkylation sites (N-methyl/N-ethyl adjacent to an activating group) is 1. The first-order valence-corrected chi connectivity index (χ1v) is 7.22. The fraction of sp³-hybridized carbons (Fsp3) is 0.600. The minimum atomic E-state index is -0.183. The minimum Gasteiger partial charge on any atom is -0.367 e. The Morgan fingerprint density at radius 1 is 1.21 bits per heavy atom. The maximum absolute atomic E-state index is 14.1. The summed E-state index contributed by atoms with van der Waals surface area (Å²) in [5, 5.41) is 0. The van der Waals surface area contributed by atoms with Gasteiger partial charge in [0.2, 0.25) is 0 Å². The van der Waals surface area contributed by atoms with Crippen molar-refractivity contribution in [3.05, 3.63) is 29.6 Å². The second-order valence-electron chi connectivity index (χ2n) is 5.52. The Balaban J connectivity index is 3.01. The molecule has 108 valence electrons. The van der Waals surface area contributed by atoms with Crippen LogP contribution in [-0.4, -0.2) is 38.6 Å². The van der Waals surface area contributed by atoms with E-state index in [0.29, 0.717) is 17.5 Å². The third-order valence-electron chi connectivity index (χ3n) is 2.93. The van der Waals surface area contributed by atoms with Gasteiger partial charge in [-0.2, -0.15) is 0 Å². The largest absolute Gasteiger partial charge is 0.367 e. The SMILES string of the molecule is CC(C)CN(CCN(C)C)c1c(F)cccc1CCl. The van der Waals surface area contributed by atoms with Gasteiger partial charge in [0, 0.05) is 25.5 Å². The van der Waals surface area contributed by atoms with Gasteiger partial charge in [0.15, 0.2) is 0 Å². The van der Waals surface area contributed by atoms with E-state index in [1.807, 2.05) is 20.2 Å². The van der Waals surface area contributed by atoms with Crippen molar-refractivity contribution in [3.8, 4) is 0 Å². The van der Waals surface area contributed by atoms with E-state index < -0.39 is 0 Å². The summed E-state index contributed by atoms with van der Waals surface area (Å²) in [7, 11) is 4.05. The first kappa shape index (κ1) is 16.3. The van der Waals surface area contributed by atoms with E-state index in [-0.39, 0.29) is 5.82 Å². The molecule has 4 heteroatoms. The van der Waals surface area contributed by atoms with E-state index in [2.05, 4.69) is 23.6 Å². The van der Waals surface area contributed by atoms with Crippen LogP contribution in [0.25, 0.3) is 0 Å². The van der Waals surface area contributed by atoms with Crippen molar-refractivity contribution in [3.63, 3.8) is 0 Å². The molecule has 0 aliphatic carbocycles. The molecule has 0 aliphatic heterocycles. The van der Waals surface area contributed by atoms with Crippen LogP contribution in [0, 0.1) is 11.7 Å². The predicted molar refractivity (Wildman–Crippen MR) is 81.6 cm³/mol. The fourth-order valence-corrected chi connectivity index (χ4v) is 2.29. The summed E-state index contributed by atoms with van der Waals surface area (Å²) in [6.45, 7) is 6.81. The van der Waals surface area contributed by atoms with Gasteiger partial charge in [-0.25, -0.2) is 4.39 Å². The van der Waals surface area contributed by atoms with Gasteiger partial charge in [0.25, 0.3) is 0 Å². The molecule has 0 atom stereocenters. The highest BCUT2D eigenvalue weighted by atomic mass is 35.5. The monoisotopic (exact) mass is 286 g/mol. The number of halogens is 2. The maximum atomic E-state index is 14.1. The maximum Gasteiger partial charge on any atom is 0.146 e. The third kappa shape index (κ3) is 5.00. The molecule has 0 aliphatic rings. The molecule has 2 nitrogen and oxygen atoms in total. The molecule has 0 radical (unpaired) electrons. The Bertz CT molecular complexity index is 394. The quantitative estimate of drug-likeness (QED) is 0.707. The molecule has 0 aromatic heterocycles. The zero-order chi connectivity index (χ0) is 14.4. The fourth-order valence-electron chi connectivity index (χ4n) is 2.08. The zero-order valence-electron chi connectivity index (χ0n) is 12.3. The van der Waals surface area contributed by atoms with Crippen molar-refractivity contribution < 1.29 is 4.39 Å². The van der Waals surface area contributed by atoms with Crippen molar-refractivity contribution in [2.45, 2.75) is 19.7 Å². The number of para-hydroxylation sites is 1. The molecule has 19 heavy (non-hydrogen) atoms. The molecule has 1 aromatic rings. The van der Waals surface area contributed by atoms with Crippen molar-refractivity contribution >= 4 is 17.3 Å². The van der Waals surface area contributed by atoms with E-state index in [1.54, 1.807) is 6.07 Å². The van der Waals surface area contributed by atoms with E-state index >= 15 is 0 Å². The van der Waals surface area contributed by atoms with Crippen LogP contribution in [0.2, 0.25) is 0 Å². The average molecular weight is 287 g/mol.